The van der Waals surface area contributed by atoms with Crippen LogP contribution in [0.3, 0.4) is 0 Å². The van der Waals surface area contributed by atoms with Crippen LogP contribution in [-0.4, -0.2) is 59.8 Å². The molecule has 5 aliphatic rings. The lowest BCUT2D eigenvalue weighted by Gasteiger charge is -2.49. The van der Waals surface area contributed by atoms with Crippen molar-refractivity contribution in [3.05, 3.63) is 0 Å². The molecule has 0 unspecified atom stereocenters. The van der Waals surface area contributed by atoms with Crippen molar-refractivity contribution in [1.82, 2.24) is 4.90 Å². The molecule has 0 aromatic carbocycles. The monoisotopic (exact) mass is 351 g/mol. The molecule has 0 N–H and O–H groups in total. The van der Waals surface area contributed by atoms with Crippen LogP contribution in [0.2, 0.25) is 0 Å². The Bertz CT molecular complexity index is 551. The highest BCUT2D eigenvalue weighted by Crippen LogP contribution is 2.70. The summed E-state index contributed by atoms with van der Waals surface area (Å²) in [6, 6.07) is 0. The summed E-state index contributed by atoms with van der Waals surface area (Å²) in [4.78, 5) is 15.1. The highest BCUT2D eigenvalue weighted by molar-refractivity contribution is 7.99. The fourth-order valence-corrected chi connectivity index (χ4v) is 7.48. The molecule has 5 heteroatoms. The quantitative estimate of drug-likeness (QED) is 0.565. The van der Waals surface area contributed by atoms with Crippen molar-refractivity contribution in [2.45, 2.75) is 57.3 Å². The Kier molecular flexibility index (Phi) is 3.57. The van der Waals surface area contributed by atoms with Crippen LogP contribution in [0.25, 0.3) is 0 Å². The SMILES string of the molecule is C[C@@H]1CCC[C@]2(C)C[C@H]3OC(=O)[C@@H](CN4CCSCC4)[C@H]3[C@@H]3O[C@@]132. The normalized spacial score (nSPS) is 53.8. The molecule has 0 aromatic heterocycles. The Morgan fingerprint density at radius 1 is 1.33 bits per heavy atom. The smallest absolute Gasteiger partial charge is 0.311 e. The molecule has 1 spiro atoms. The molecule has 0 radical (unpaired) electrons. The third-order valence-electron chi connectivity index (χ3n) is 7.75. The van der Waals surface area contributed by atoms with E-state index in [4.69, 9.17) is 9.47 Å². The molecule has 134 valence electrons. The van der Waals surface area contributed by atoms with Gasteiger partial charge in [-0.1, -0.05) is 20.3 Å². The second-order valence-electron chi connectivity index (χ2n) is 8.96. The second-order valence-corrected chi connectivity index (χ2v) is 10.2. The van der Waals surface area contributed by atoms with E-state index in [9.17, 15) is 4.79 Å². The minimum absolute atomic E-state index is 0.0288. The molecule has 2 aliphatic carbocycles. The van der Waals surface area contributed by atoms with E-state index in [2.05, 4.69) is 18.7 Å². The molecule has 0 bridgehead atoms. The van der Waals surface area contributed by atoms with Crippen LogP contribution < -0.4 is 0 Å². The van der Waals surface area contributed by atoms with E-state index in [1.807, 2.05) is 11.8 Å². The van der Waals surface area contributed by atoms with Gasteiger partial charge < -0.3 is 14.4 Å². The predicted molar refractivity (Wildman–Crippen MR) is 94.0 cm³/mol. The highest BCUT2D eigenvalue weighted by atomic mass is 32.2. The van der Waals surface area contributed by atoms with Crippen molar-refractivity contribution in [1.29, 1.82) is 0 Å². The topological polar surface area (TPSA) is 42.1 Å². The molecule has 24 heavy (non-hydrogen) atoms. The summed E-state index contributed by atoms with van der Waals surface area (Å²) in [5.41, 5.74) is 0.240. The zero-order valence-corrected chi connectivity index (χ0v) is 15.6. The van der Waals surface area contributed by atoms with Crippen LogP contribution in [0, 0.1) is 23.2 Å². The number of fused-ring (bicyclic) bond motifs is 2. The first-order valence-electron chi connectivity index (χ1n) is 9.74. The number of hydrogen-bond acceptors (Lipinski definition) is 5. The van der Waals surface area contributed by atoms with Crippen molar-refractivity contribution < 1.29 is 14.3 Å². The van der Waals surface area contributed by atoms with Crippen molar-refractivity contribution in [2.75, 3.05) is 31.1 Å². The molecular weight excluding hydrogens is 322 g/mol. The minimum Gasteiger partial charge on any atom is -0.462 e. The molecule has 5 fully saturated rings. The van der Waals surface area contributed by atoms with E-state index in [1.165, 1.54) is 30.8 Å². The average molecular weight is 352 g/mol. The third-order valence-corrected chi connectivity index (χ3v) is 8.70. The number of carbonyl (C=O) groups excluding carboxylic acids is 1. The van der Waals surface area contributed by atoms with Crippen molar-refractivity contribution in [3.63, 3.8) is 0 Å². The van der Waals surface area contributed by atoms with Gasteiger partial charge in [0.1, 0.15) is 11.7 Å². The lowest BCUT2D eigenvalue weighted by atomic mass is 9.53. The molecule has 3 saturated heterocycles. The van der Waals surface area contributed by atoms with Crippen LogP contribution in [0.15, 0.2) is 0 Å². The van der Waals surface area contributed by atoms with Gasteiger partial charge in [0.15, 0.2) is 0 Å². The van der Waals surface area contributed by atoms with Crippen LogP contribution in [0.5, 0.6) is 0 Å². The van der Waals surface area contributed by atoms with Gasteiger partial charge in [-0.15, -0.1) is 0 Å². The number of carbonyl (C=O) groups is 1. The minimum atomic E-state index is 0.0288. The Balaban J connectivity index is 1.40. The van der Waals surface area contributed by atoms with Crippen LogP contribution >= 0.6 is 11.8 Å². The van der Waals surface area contributed by atoms with E-state index in [-0.39, 0.29) is 35.1 Å². The molecular formula is C19H29NO3S. The number of esters is 1. The molecule has 3 heterocycles. The zero-order valence-electron chi connectivity index (χ0n) is 14.8. The maximum absolute atomic E-state index is 12.7. The van der Waals surface area contributed by atoms with E-state index in [1.54, 1.807) is 0 Å². The van der Waals surface area contributed by atoms with Gasteiger partial charge in [0.25, 0.3) is 0 Å². The number of epoxide rings is 1. The Hall–Kier alpha value is -0.260. The summed E-state index contributed by atoms with van der Waals surface area (Å²) >= 11 is 2.02. The van der Waals surface area contributed by atoms with Crippen molar-refractivity contribution in [2.24, 2.45) is 23.2 Å². The van der Waals surface area contributed by atoms with Gasteiger partial charge in [-0.05, 0) is 25.2 Å². The predicted octanol–water partition coefficient (Wildman–Crippen LogP) is 2.56. The molecule has 5 rings (SSSR count). The maximum atomic E-state index is 12.7. The maximum Gasteiger partial charge on any atom is 0.311 e. The van der Waals surface area contributed by atoms with Gasteiger partial charge in [-0.3, -0.25) is 4.79 Å². The molecule has 2 saturated carbocycles. The van der Waals surface area contributed by atoms with Gasteiger partial charge in [-0.25, -0.2) is 0 Å². The summed E-state index contributed by atoms with van der Waals surface area (Å²) in [6.07, 6.45) is 5.14. The van der Waals surface area contributed by atoms with Crippen LogP contribution in [-0.2, 0) is 14.3 Å². The lowest BCUT2D eigenvalue weighted by Crippen LogP contribution is -2.54. The number of nitrogens with zero attached hydrogens (tertiary/aromatic N) is 1. The largest absolute Gasteiger partial charge is 0.462 e. The number of thioether (sulfide) groups is 1. The highest BCUT2D eigenvalue weighted by Gasteiger charge is 2.78. The summed E-state index contributed by atoms with van der Waals surface area (Å²) in [7, 11) is 0. The second kappa shape index (κ2) is 5.37. The molecule has 0 amide bonds. The Morgan fingerprint density at radius 2 is 2.12 bits per heavy atom. The number of rotatable bonds is 2. The molecule has 0 aromatic rings. The van der Waals surface area contributed by atoms with E-state index in [0.29, 0.717) is 11.8 Å². The first-order valence-corrected chi connectivity index (χ1v) is 10.9. The third kappa shape index (κ3) is 2.04. The zero-order chi connectivity index (χ0) is 16.5. The summed E-state index contributed by atoms with van der Waals surface area (Å²) in [6.45, 7) is 7.85. The Labute approximate surface area is 149 Å². The van der Waals surface area contributed by atoms with Gasteiger partial charge in [-0.2, -0.15) is 11.8 Å². The van der Waals surface area contributed by atoms with Gasteiger partial charge in [0.2, 0.25) is 0 Å². The number of ether oxygens (including phenoxy) is 2. The van der Waals surface area contributed by atoms with Crippen molar-refractivity contribution in [3.8, 4) is 0 Å². The fraction of sp³-hybridized carbons (Fsp3) is 0.947. The number of hydrogen-bond donors (Lipinski definition) is 0. The van der Waals surface area contributed by atoms with Gasteiger partial charge in [0, 0.05) is 42.5 Å². The van der Waals surface area contributed by atoms with Crippen LogP contribution in [0.4, 0.5) is 0 Å². The summed E-state index contributed by atoms with van der Waals surface area (Å²) < 4.78 is 12.4. The lowest BCUT2D eigenvalue weighted by molar-refractivity contribution is -0.146. The molecule has 7 atom stereocenters. The van der Waals surface area contributed by atoms with E-state index >= 15 is 0 Å². The van der Waals surface area contributed by atoms with Gasteiger partial charge >= 0.3 is 5.97 Å². The van der Waals surface area contributed by atoms with E-state index < -0.39 is 0 Å². The summed E-state index contributed by atoms with van der Waals surface area (Å²) in [5.74, 6) is 3.36. The standard InChI is InChI=1S/C19H29NO3S/c1-12-4-3-5-18(2)10-14-15(16-19(12,18)23-16)13(17(21)22-14)11-20-6-8-24-9-7-20/h12-16H,3-11H2,1-2H3/t12-,13+,14-,15-,16+,18-,19+/m1/s1. The van der Waals surface area contributed by atoms with Gasteiger partial charge in [0.05, 0.1) is 12.0 Å². The van der Waals surface area contributed by atoms with E-state index in [0.717, 1.165) is 26.1 Å². The van der Waals surface area contributed by atoms with Crippen molar-refractivity contribution >= 4 is 17.7 Å². The fourth-order valence-electron chi connectivity index (χ4n) is 6.50. The first kappa shape index (κ1) is 16.0. The molecule has 3 aliphatic heterocycles. The van der Waals surface area contributed by atoms with Crippen LogP contribution in [0.1, 0.15) is 39.5 Å². The average Bonchev–Trinajstić information content (AvgIpc) is 3.24. The first-order chi connectivity index (χ1) is 11.6. The molecule has 4 nitrogen and oxygen atoms in total. The Morgan fingerprint density at radius 3 is 2.92 bits per heavy atom. The summed E-state index contributed by atoms with van der Waals surface area (Å²) in [5, 5.41) is 0.